The van der Waals surface area contributed by atoms with Crippen molar-refractivity contribution in [2.24, 2.45) is 39.6 Å². The van der Waals surface area contributed by atoms with E-state index in [1.165, 1.54) is 13.2 Å². The predicted octanol–water partition coefficient (Wildman–Crippen LogP) is 7.94. The first-order valence-corrected chi connectivity index (χ1v) is 26.1. The summed E-state index contributed by atoms with van der Waals surface area (Å²) in [5, 5.41) is 46.6. The van der Waals surface area contributed by atoms with Crippen molar-refractivity contribution in [3.05, 3.63) is 88.3 Å². The topological polar surface area (TPSA) is 206 Å². The Morgan fingerprint density at radius 3 is 2.26 bits per heavy atom. The van der Waals surface area contributed by atoms with Gasteiger partial charge in [0, 0.05) is 101 Å². The maximum atomic E-state index is 14.9. The highest BCUT2D eigenvalue weighted by Crippen LogP contribution is 2.50. The lowest BCUT2D eigenvalue weighted by Crippen LogP contribution is -2.48. The number of piperidine rings is 2. The van der Waals surface area contributed by atoms with Gasteiger partial charge >= 0.3 is 11.9 Å². The Morgan fingerprint density at radius 1 is 0.945 bits per heavy atom. The number of phenols is 2. The van der Waals surface area contributed by atoms with Crippen LogP contribution in [-0.2, 0) is 14.3 Å². The molecule has 0 aliphatic carbocycles. The Balaban J connectivity index is 0.00000385. The number of fused-ring (bicyclic) bond motifs is 13. The van der Waals surface area contributed by atoms with Crippen molar-refractivity contribution >= 4 is 39.9 Å². The van der Waals surface area contributed by atoms with E-state index >= 15 is 0 Å². The van der Waals surface area contributed by atoms with Gasteiger partial charge in [-0.05, 0) is 81.4 Å². The van der Waals surface area contributed by atoms with Gasteiger partial charge < -0.3 is 54.7 Å². The van der Waals surface area contributed by atoms with Gasteiger partial charge in [0.2, 0.25) is 0 Å². The van der Waals surface area contributed by atoms with Gasteiger partial charge in [-0.15, -0.1) is 0 Å². The summed E-state index contributed by atoms with van der Waals surface area (Å²) in [5.41, 5.74) is 0.826. The molecule has 0 saturated carbocycles. The maximum absolute atomic E-state index is 14.9. The summed E-state index contributed by atoms with van der Waals surface area (Å²) in [6.45, 7) is 20.5. The highest BCUT2D eigenvalue weighted by molar-refractivity contribution is 6.19. The van der Waals surface area contributed by atoms with E-state index in [2.05, 4.69) is 55.1 Å². The Hall–Kier alpha value is -5.97. The third-order valence-electron chi connectivity index (χ3n) is 15.6. The molecule has 0 aromatic heterocycles. The first kappa shape index (κ1) is 54.8. The number of hydrogen-bond acceptors (Lipinski definition) is 14. The molecule has 4 unspecified atom stereocenters. The number of nitrogens with one attached hydrogen (secondary N) is 1. The van der Waals surface area contributed by atoms with Gasteiger partial charge in [-0.3, -0.25) is 19.6 Å². The Bertz CT molecular complexity index is 2740. The molecule has 1 spiro atoms. The monoisotopic (exact) mass is 1010 g/mol. The molecule has 6 aliphatic heterocycles. The number of ketones is 1. The molecule has 5 bridgehead atoms. The van der Waals surface area contributed by atoms with Crippen LogP contribution in [0.25, 0.3) is 10.8 Å². The molecule has 9 rings (SSSR count). The van der Waals surface area contributed by atoms with Crippen LogP contribution in [0, 0.1) is 36.5 Å². The molecule has 2 saturated heterocycles. The molecule has 396 valence electrons. The van der Waals surface area contributed by atoms with Crippen molar-refractivity contribution in [3.8, 4) is 17.2 Å². The van der Waals surface area contributed by atoms with Crippen molar-refractivity contribution in [1.29, 1.82) is 0 Å². The lowest BCUT2D eigenvalue weighted by Gasteiger charge is -2.39. The lowest BCUT2D eigenvalue weighted by molar-refractivity contribution is -0.112. The van der Waals surface area contributed by atoms with E-state index in [-0.39, 0.29) is 73.6 Å². The molecule has 2 fully saturated rings. The number of aliphatic hydroxyl groups excluding tert-OH is 2. The van der Waals surface area contributed by atoms with E-state index in [0.717, 1.165) is 45.3 Å². The van der Waals surface area contributed by atoms with Crippen molar-refractivity contribution < 1.29 is 49.0 Å². The number of anilines is 2. The SMILES string of the molecule is C/C1=C/C=C/C(C)C[C@@H](C)C(O)[C@@H](C)C(OC(=O)N2CCC(N(C)c3ccccc3)CC2)[C@H](C)C/C=C/OC2(C)Oc3c(C)c(O)c4c(O)c(c5c(c4c3C2=O)=NC2(CCN(CC(C)C)CC2)N=5)NC1=O.CO. The standard InChI is InChI=1S/C56H74N6O9.CH4O/c1-32(2)31-61-27-23-56(24-28-61)58-44-41-42-48(64)38(8)51-43(41)52(66)55(9,71-51)69-29-15-18-34(4)50(70-54(68)62-25-21-40(22-26-62)60(10)39-19-12-11-13-20-39)37(7)47(63)36(6)30-33(3)16-14-17-35(5)53(67)57-46(49(42)65)45(44)59-56;1-2/h11-17,19-20,29,32-34,36-37,40,47,50,63-65H,18,21-28,30-31H2,1-10H3,(H,57,67);2H,1H3/b16-14+,29-15+,35-17-;/t33?,34-,36-,37-,47?,50?,55?;/m1./s1. The Morgan fingerprint density at radius 2 is 1.60 bits per heavy atom. The summed E-state index contributed by atoms with van der Waals surface area (Å²) in [6.07, 6.45) is 10.4. The summed E-state index contributed by atoms with van der Waals surface area (Å²) in [4.78, 5) is 59.8. The number of carbonyl (C=O) groups excluding carboxylic acids is 3. The number of phenolic OH excluding ortho intramolecular Hbond substituents is 2. The van der Waals surface area contributed by atoms with Gasteiger partial charge in [-0.2, -0.15) is 0 Å². The number of Topliss-reactive ketones (excluding diaryl/α,β-unsaturated/α-hetero) is 1. The molecular formula is C57H78N6O10. The van der Waals surface area contributed by atoms with Crippen molar-refractivity contribution in [2.45, 2.75) is 131 Å². The largest absolute Gasteiger partial charge is 0.507 e. The number of aliphatic hydroxyl groups is 2. The van der Waals surface area contributed by atoms with E-state index in [9.17, 15) is 29.7 Å². The number of likely N-dealkylation sites (tertiary alicyclic amines) is 2. The van der Waals surface area contributed by atoms with E-state index in [1.807, 2.05) is 51.1 Å². The highest BCUT2D eigenvalue weighted by Gasteiger charge is 2.50. The summed E-state index contributed by atoms with van der Waals surface area (Å²) in [5.74, 6) is -4.07. The molecule has 2 amide bonds. The maximum Gasteiger partial charge on any atom is 0.410 e. The molecule has 0 radical (unpaired) electrons. The molecule has 16 heteroatoms. The number of hydrogen-bond donors (Lipinski definition) is 5. The number of para-hydroxylation sites is 1. The summed E-state index contributed by atoms with van der Waals surface area (Å²) in [7, 11) is 3.09. The Labute approximate surface area is 430 Å². The van der Waals surface area contributed by atoms with Crippen molar-refractivity contribution in [3.63, 3.8) is 0 Å². The van der Waals surface area contributed by atoms with E-state index in [0.29, 0.717) is 50.3 Å². The van der Waals surface area contributed by atoms with Crippen LogP contribution in [-0.4, -0.2) is 125 Å². The van der Waals surface area contributed by atoms with Crippen LogP contribution in [0.2, 0.25) is 0 Å². The highest BCUT2D eigenvalue weighted by atomic mass is 16.7. The second-order valence-electron chi connectivity index (χ2n) is 21.6. The van der Waals surface area contributed by atoms with Crippen LogP contribution in [0.4, 0.5) is 16.2 Å². The van der Waals surface area contributed by atoms with Crippen LogP contribution in [0.15, 0.2) is 76.5 Å². The predicted molar refractivity (Wildman–Crippen MR) is 282 cm³/mol. The number of allylic oxidation sites excluding steroid dienone is 4. The zero-order chi connectivity index (χ0) is 53.1. The second-order valence-corrected chi connectivity index (χ2v) is 21.6. The molecule has 6 heterocycles. The average Bonchev–Trinajstić information content (AvgIpc) is 3.88. The van der Waals surface area contributed by atoms with Crippen LogP contribution in [0.5, 0.6) is 17.2 Å². The smallest absolute Gasteiger partial charge is 0.410 e. The van der Waals surface area contributed by atoms with Gasteiger partial charge in [0.05, 0.1) is 28.7 Å². The fraction of sp³-hybridized carbons (Fsp3) is 0.561. The molecule has 5 N–H and O–H groups in total. The van der Waals surface area contributed by atoms with E-state index in [1.54, 1.807) is 30.9 Å². The second kappa shape index (κ2) is 22.7. The van der Waals surface area contributed by atoms with Gasteiger partial charge in [0.25, 0.3) is 11.7 Å². The van der Waals surface area contributed by atoms with E-state index in [4.69, 9.17) is 29.3 Å². The first-order valence-electron chi connectivity index (χ1n) is 26.1. The number of rotatable bonds is 5. The molecule has 3 aromatic carbocycles. The van der Waals surface area contributed by atoms with E-state index < -0.39 is 53.1 Å². The third-order valence-corrected chi connectivity index (χ3v) is 15.6. The van der Waals surface area contributed by atoms with Crippen molar-refractivity contribution in [2.75, 3.05) is 57.1 Å². The van der Waals surface area contributed by atoms with Crippen molar-refractivity contribution in [1.82, 2.24) is 9.80 Å². The first-order chi connectivity index (χ1) is 34.7. The number of carbonyl (C=O) groups is 3. The summed E-state index contributed by atoms with van der Waals surface area (Å²) < 4.78 is 19.0. The minimum atomic E-state index is -1.88. The molecule has 7 atom stereocenters. The zero-order valence-electron chi connectivity index (χ0n) is 44.6. The number of benzene rings is 3. The van der Waals surface area contributed by atoms with Crippen LogP contribution < -0.4 is 25.7 Å². The minimum Gasteiger partial charge on any atom is -0.507 e. The van der Waals surface area contributed by atoms with Crippen LogP contribution in [0.3, 0.4) is 0 Å². The number of amides is 2. The van der Waals surface area contributed by atoms with Crippen LogP contribution >= 0.6 is 0 Å². The minimum absolute atomic E-state index is 0.00322. The normalized spacial score (nSPS) is 28.4. The quantitative estimate of drug-likeness (QED) is 0.155. The molecule has 16 nitrogen and oxygen atoms in total. The van der Waals surface area contributed by atoms with Crippen LogP contribution in [0.1, 0.15) is 110 Å². The summed E-state index contributed by atoms with van der Waals surface area (Å²) in [6, 6.07) is 10.5. The number of aromatic hydroxyl groups is 2. The molecular weight excluding hydrogens is 929 g/mol. The molecule has 6 aliphatic rings. The van der Waals surface area contributed by atoms with Gasteiger partial charge in [0.15, 0.2) is 11.4 Å². The van der Waals surface area contributed by atoms with Gasteiger partial charge in [-0.25, -0.2) is 4.79 Å². The third kappa shape index (κ3) is 11.3. The number of nitrogens with zero attached hydrogens (tertiary/aromatic N) is 5. The Kier molecular flexibility index (Phi) is 17.0. The lowest BCUT2D eigenvalue weighted by atomic mass is 9.80. The molecule has 73 heavy (non-hydrogen) atoms. The average molecular weight is 1010 g/mol. The molecule has 3 aromatic rings. The fourth-order valence-corrected chi connectivity index (χ4v) is 11.3. The fourth-order valence-electron chi connectivity index (χ4n) is 11.3. The summed E-state index contributed by atoms with van der Waals surface area (Å²) >= 11 is 0. The zero-order valence-corrected chi connectivity index (χ0v) is 44.6. The number of ether oxygens (including phenoxy) is 3. The van der Waals surface area contributed by atoms with Gasteiger partial charge in [0.1, 0.15) is 28.6 Å². The van der Waals surface area contributed by atoms with Gasteiger partial charge in [-0.1, -0.05) is 78.0 Å².